The first-order valence-electron chi connectivity index (χ1n) is 6.08. The maximum Gasteiger partial charge on any atom is 0.0682 e. The fourth-order valence-electron chi connectivity index (χ4n) is 2.08. The molecule has 0 spiro atoms. The summed E-state index contributed by atoms with van der Waals surface area (Å²) in [5.74, 6) is 0. The minimum atomic E-state index is 0.0931. The van der Waals surface area contributed by atoms with E-state index in [4.69, 9.17) is 0 Å². The third-order valence-electron chi connectivity index (χ3n) is 3.14. The molecule has 0 unspecified atom stereocenters. The van der Waals surface area contributed by atoms with Crippen LogP contribution in [0, 0.1) is 0 Å². The predicted molar refractivity (Wildman–Crippen MR) is 83.6 cm³/mol. The molecule has 0 amide bonds. The Morgan fingerprint density at radius 1 is 1.00 bits per heavy atom. The second-order valence-corrected chi connectivity index (χ2v) is 6.33. The van der Waals surface area contributed by atoms with Crippen LogP contribution >= 0.6 is 23.5 Å². The van der Waals surface area contributed by atoms with Gasteiger partial charge in [-0.25, -0.2) is 0 Å². The van der Waals surface area contributed by atoms with Gasteiger partial charge in [0.15, 0.2) is 0 Å². The molecular weight excluding hydrogens is 272 g/mol. The Morgan fingerprint density at radius 3 is 2.63 bits per heavy atom. The lowest BCUT2D eigenvalue weighted by molar-refractivity contribution is 0.281. The summed E-state index contributed by atoms with van der Waals surface area (Å²) in [5, 5.41) is 9.24. The van der Waals surface area contributed by atoms with Gasteiger partial charge in [-0.3, -0.25) is 0 Å². The number of fused-ring (bicyclic) bond motifs is 2. The van der Waals surface area contributed by atoms with Gasteiger partial charge in [-0.1, -0.05) is 36.0 Å². The van der Waals surface area contributed by atoms with Crippen molar-refractivity contribution in [3.05, 3.63) is 53.1 Å². The van der Waals surface area contributed by atoms with E-state index in [1.165, 1.54) is 25.8 Å². The average molecular weight is 286 g/mol. The van der Waals surface area contributed by atoms with E-state index in [1.807, 2.05) is 6.07 Å². The summed E-state index contributed by atoms with van der Waals surface area (Å²) in [6.07, 6.45) is 6.42. The van der Waals surface area contributed by atoms with Crippen molar-refractivity contribution in [2.45, 2.75) is 21.3 Å². The smallest absolute Gasteiger partial charge is 0.0682 e. The summed E-state index contributed by atoms with van der Waals surface area (Å²) < 4.78 is 0. The monoisotopic (exact) mass is 286 g/mol. The Morgan fingerprint density at radius 2 is 1.84 bits per heavy atom. The number of aliphatic hydroxyl groups excluding tert-OH is 1. The fraction of sp³-hybridized carbons (Fsp3) is 0.125. The number of rotatable bonds is 2. The highest BCUT2D eigenvalue weighted by Gasteiger charge is 2.11. The van der Waals surface area contributed by atoms with Crippen LogP contribution in [0.15, 0.2) is 51.1 Å². The van der Waals surface area contributed by atoms with Crippen LogP contribution in [0.1, 0.15) is 16.7 Å². The molecule has 0 bridgehead atoms. The summed E-state index contributed by atoms with van der Waals surface area (Å²) in [4.78, 5) is 3.76. The van der Waals surface area contributed by atoms with Crippen LogP contribution in [-0.2, 0) is 6.61 Å². The third kappa shape index (κ3) is 2.59. The molecule has 0 atom stereocenters. The van der Waals surface area contributed by atoms with Gasteiger partial charge in [0.05, 0.1) is 6.61 Å². The second kappa shape index (κ2) is 5.45. The molecule has 0 aliphatic carbocycles. The number of benzene rings is 2. The van der Waals surface area contributed by atoms with Crippen LogP contribution < -0.4 is 0 Å². The van der Waals surface area contributed by atoms with Crippen molar-refractivity contribution >= 4 is 35.7 Å². The highest BCUT2D eigenvalue weighted by Crippen LogP contribution is 2.38. The van der Waals surface area contributed by atoms with Gasteiger partial charge >= 0.3 is 0 Å². The molecule has 1 aliphatic rings. The van der Waals surface area contributed by atoms with E-state index in [-0.39, 0.29) is 6.61 Å². The normalized spacial score (nSPS) is 12.7. The van der Waals surface area contributed by atoms with E-state index in [1.54, 1.807) is 23.5 Å². The van der Waals surface area contributed by atoms with Crippen molar-refractivity contribution in [1.82, 2.24) is 0 Å². The molecule has 96 valence electrons. The SMILES string of the molecule is CSc1ccc2c(c1)C=Cc1ccc(CO)cc1S2. The van der Waals surface area contributed by atoms with Gasteiger partial charge in [0.1, 0.15) is 0 Å². The number of thioether (sulfide) groups is 1. The van der Waals surface area contributed by atoms with E-state index in [0.29, 0.717) is 0 Å². The lowest BCUT2D eigenvalue weighted by Crippen LogP contribution is -1.86. The lowest BCUT2D eigenvalue weighted by atomic mass is 10.1. The van der Waals surface area contributed by atoms with Gasteiger partial charge in [0.25, 0.3) is 0 Å². The molecule has 3 rings (SSSR count). The summed E-state index contributed by atoms with van der Waals surface area (Å²) in [5.41, 5.74) is 3.44. The Bertz CT molecular complexity index is 647. The molecule has 0 fully saturated rings. The first kappa shape index (κ1) is 12.9. The van der Waals surface area contributed by atoms with Gasteiger partial charge in [0.2, 0.25) is 0 Å². The molecular formula is C16H14OS2. The molecule has 1 aliphatic heterocycles. The lowest BCUT2D eigenvalue weighted by Gasteiger charge is -2.08. The zero-order valence-electron chi connectivity index (χ0n) is 10.6. The Labute approximate surface area is 121 Å². The molecule has 1 heterocycles. The zero-order chi connectivity index (χ0) is 13.2. The van der Waals surface area contributed by atoms with Crippen molar-refractivity contribution in [3.63, 3.8) is 0 Å². The number of aliphatic hydroxyl groups is 1. The topological polar surface area (TPSA) is 20.2 Å². The van der Waals surface area contributed by atoms with Crippen molar-refractivity contribution in [2.24, 2.45) is 0 Å². The molecule has 19 heavy (non-hydrogen) atoms. The quantitative estimate of drug-likeness (QED) is 0.699. The standard InChI is InChI=1S/C16H14OS2/c1-18-14-6-7-15-13(9-14)5-4-12-3-2-11(10-17)8-16(12)19-15/h2-9,17H,10H2,1H3. The van der Waals surface area contributed by atoms with E-state index in [0.717, 1.165) is 5.56 Å². The van der Waals surface area contributed by atoms with Crippen LogP contribution in [0.2, 0.25) is 0 Å². The van der Waals surface area contributed by atoms with Crippen molar-refractivity contribution < 1.29 is 5.11 Å². The molecule has 0 radical (unpaired) electrons. The summed E-state index contributed by atoms with van der Waals surface area (Å²) in [6, 6.07) is 12.7. The predicted octanol–water partition coefficient (Wildman–Crippen LogP) is 4.54. The summed E-state index contributed by atoms with van der Waals surface area (Å²) in [7, 11) is 0. The number of hydrogen-bond acceptors (Lipinski definition) is 3. The average Bonchev–Trinajstić information content (AvgIpc) is 2.64. The van der Waals surface area contributed by atoms with E-state index in [9.17, 15) is 5.11 Å². The first-order valence-corrected chi connectivity index (χ1v) is 8.12. The Hall–Kier alpha value is -1.16. The second-order valence-electron chi connectivity index (χ2n) is 4.37. The van der Waals surface area contributed by atoms with Gasteiger partial charge in [0, 0.05) is 14.7 Å². The fourth-order valence-corrected chi connectivity index (χ4v) is 3.61. The van der Waals surface area contributed by atoms with Crippen molar-refractivity contribution in [1.29, 1.82) is 0 Å². The van der Waals surface area contributed by atoms with Crippen molar-refractivity contribution in [2.75, 3.05) is 6.26 Å². The summed E-state index contributed by atoms with van der Waals surface area (Å²) >= 11 is 3.53. The van der Waals surface area contributed by atoms with Crippen LogP contribution in [0.3, 0.4) is 0 Å². The molecule has 1 nitrogen and oxygen atoms in total. The van der Waals surface area contributed by atoms with E-state index < -0.39 is 0 Å². The maximum absolute atomic E-state index is 9.24. The highest BCUT2D eigenvalue weighted by atomic mass is 32.2. The minimum Gasteiger partial charge on any atom is -0.392 e. The van der Waals surface area contributed by atoms with Gasteiger partial charge in [-0.05, 0) is 47.2 Å². The van der Waals surface area contributed by atoms with Crippen LogP contribution in [0.4, 0.5) is 0 Å². The molecule has 0 saturated carbocycles. The molecule has 3 heteroatoms. The molecule has 0 aromatic heterocycles. The molecule has 2 aromatic rings. The van der Waals surface area contributed by atoms with Gasteiger partial charge in [-0.2, -0.15) is 0 Å². The van der Waals surface area contributed by atoms with Crippen LogP contribution in [0.25, 0.3) is 12.2 Å². The van der Waals surface area contributed by atoms with E-state index in [2.05, 4.69) is 48.7 Å². The van der Waals surface area contributed by atoms with Gasteiger partial charge in [-0.15, -0.1) is 11.8 Å². The molecule has 0 saturated heterocycles. The van der Waals surface area contributed by atoms with Crippen LogP contribution in [0.5, 0.6) is 0 Å². The zero-order valence-corrected chi connectivity index (χ0v) is 12.2. The Kier molecular flexibility index (Phi) is 3.69. The summed E-state index contributed by atoms with van der Waals surface area (Å²) in [6.45, 7) is 0.0931. The highest BCUT2D eigenvalue weighted by molar-refractivity contribution is 7.99. The van der Waals surface area contributed by atoms with Gasteiger partial charge < -0.3 is 5.11 Å². The van der Waals surface area contributed by atoms with Crippen molar-refractivity contribution in [3.8, 4) is 0 Å². The van der Waals surface area contributed by atoms with Crippen LogP contribution in [-0.4, -0.2) is 11.4 Å². The minimum absolute atomic E-state index is 0.0931. The third-order valence-corrected chi connectivity index (χ3v) is 5.03. The largest absolute Gasteiger partial charge is 0.392 e. The maximum atomic E-state index is 9.24. The van der Waals surface area contributed by atoms with E-state index >= 15 is 0 Å². The Balaban J connectivity index is 2.07. The first-order chi connectivity index (χ1) is 9.30. The molecule has 2 aromatic carbocycles. The number of hydrogen-bond donors (Lipinski definition) is 1. The molecule has 1 N–H and O–H groups in total.